The summed E-state index contributed by atoms with van der Waals surface area (Å²) in [5.74, 6) is -1.23. The van der Waals surface area contributed by atoms with Crippen LogP contribution in [0.3, 0.4) is 0 Å². The predicted molar refractivity (Wildman–Crippen MR) is 89.0 cm³/mol. The number of rotatable bonds is 7. The quantitative estimate of drug-likeness (QED) is 0.546. The summed E-state index contributed by atoms with van der Waals surface area (Å²) in [6.07, 6.45) is 0. The van der Waals surface area contributed by atoms with Crippen LogP contribution in [0.5, 0.6) is 5.75 Å². The second kappa shape index (κ2) is 8.07. The number of hydrogen-bond donors (Lipinski definition) is 0. The molecule has 0 spiro atoms. The summed E-state index contributed by atoms with van der Waals surface area (Å²) in [6, 6.07) is 6.75. The summed E-state index contributed by atoms with van der Waals surface area (Å²) >= 11 is 7.25. The van der Waals surface area contributed by atoms with Crippen molar-refractivity contribution in [3.63, 3.8) is 0 Å². The lowest BCUT2D eigenvalue weighted by molar-refractivity contribution is -0.387. The number of ether oxygens (including phenoxy) is 1. The lowest BCUT2D eigenvalue weighted by Gasteiger charge is -2.20. The second-order valence-corrected chi connectivity index (χ2v) is 6.57. The molecule has 9 heteroatoms. The van der Waals surface area contributed by atoms with E-state index in [-0.39, 0.29) is 18.3 Å². The standard InChI is InChI=1S/C15H14ClFN2O4S/c1-2-18(8-11-4-6-14(16)24-11)15(20)9-23-10-3-5-13(19(21)22)12(17)7-10/h3-7H,2,8-9H2,1H3. The third-order valence-electron chi connectivity index (χ3n) is 3.19. The molecule has 0 fully saturated rings. The Kier molecular flexibility index (Phi) is 6.10. The van der Waals surface area contributed by atoms with Gasteiger partial charge in [-0.25, -0.2) is 0 Å². The average molecular weight is 373 g/mol. The Balaban J connectivity index is 1.95. The second-order valence-electron chi connectivity index (χ2n) is 4.77. The van der Waals surface area contributed by atoms with Gasteiger partial charge in [0.15, 0.2) is 6.61 Å². The van der Waals surface area contributed by atoms with E-state index in [0.29, 0.717) is 17.4 Å². The van der Waals surface area contributed by atoms with Crippen molar-refractivity contribution in [2.75, 3.05) is 13.2 Å². The molecule has 0 saturated heterocycles. The Bertz CT molecular complexity index is 753. The monoisotopic (exact) mass is 372 g/mol. The number of halogens is 2. The lowest BCUT2D eigenvalue weighted by Crippen LogP contribution is -2.34. The fourth-order valence-electron chi connectivity index (χ4n) is 1.96. The van der Waals surface area contributed by atoms with Crippen LogP contribution in [0.25, 0.3) is 0 Å². The average Bonchev–Trinajstić information content (AvgIpc) is 2.95. The lowest BCUT2D eigenvalue weighted by atomic mass is 10.3. The van der Waals surface area contributed by atoms with E-state index in [9.17, 15) is 19.3 Å². The number of nitro groups is 1. The van der Waals surface area contributed by atoms with Gasteiger partial charge in [0.25, 0.3) is 5.91 Å². The summed E-state index contributed by atoms with van der Waals surface area (Å²) in [4.78, 5) is 24.4. The fourth-order valence-corrected chi connectivity index (χ4v) is 3.07. The van der Waals surface area contributed by atoms with Gasteiger partial charge in [-0.3, -0.25) is 14.9 Å². The van der Waals surface area contributed by atoms with E-state index >= 15 is 0 Å². The van der Waals surface area contributed by atoms with Gasteiger partial charge in [0.05, 0.1) is 15.8 Å². The van der Waals surface area contributed by atoms with Gasteiger partial charge in [-0.05, 0) is 25.1 Å². The Hall–Kier alpha value is -2.19. The van der Waals surface area contributed by atoms with Gasteiger partial charge in [0.1, 0.15) is 5.75 Å². The van der Waals surface area contributed by atoms with Crippen LogP contribution in [0.15, 0.2) is 30.3 Å². The molecule has 2 aromatic rings. The molecule has 24 heavy (non-hydrogen) atoms. The molecule has 0 bridgehead atoms. The van der Waals surface area contributed by atoms with Crippen LogP contribution < -0.4 is 4.74 Å². The van der Waals surface area contributed by atoms with Crippen molar-refractivity contribution in [3.05, 3.63) is 55.5 Å². The molecule has 1 amide bonds. The van der Waals surface area contributed by atoms with Crippen LogP contribution in [0.2, 0.25) is 4.34 Å². The van der Waals surface area contributed by atoms with Crippen LogP contribution in [0, 0.1) is 15.9 Å². The molecule has 0 atom stereocenters. The molecule has 0 aliphatic carbocycles. The van der Waals surface area contributed by atoms with Crippen LogP contribution in [0.1, 0.15) is 11.8 Å². The summed E-state index contributed by atoms with van der Waals surface area (Å²) in [7, 11) is 0. The number of nitrogens with zero attached hydrogens (tertiary/aromatic N) is 2. The Morgan fingerprint density at radius 2 is 2.17 bits per heavy atom. The molecule has 1 aromatic carbocycles. The zero-order valence-corrected chi connectivity index (χ0v) is 14.3. The number of carbonyl (C=O) groups is 1. The molecule has 0 aliphatic rings. The molecule has 0 aliphatic heterocycles. The first-order chi connectivity index (χ1) is 11.4. The van der Waals surface area contributed by atoms with Gasteiger partial charge in [-0.2, -0.15) is 4.39 Å². The zero-order valence-electron chi connectivity index (χ0n) is 12.7. The number of thiophene rings is 1. The highest BCUT2D eigenvalue weighted by Gasteiger charge is 2.17. The van der Waals surface area contributed by atoms with E-state index in [1.807, 2.05) is 13.0 Å². The molecule has 0 saturated carbocycles. The molecule has 2 rings (SSSR count). The normalized spacial score (nSPS) is 10.5. The molecule has 1 aromatic heterocycles. The summed E-state index contributed by atoms with van der Waals surface area (Å²) in [5, 5.41) is 10.6. The molecule has 0 N–H and O–H groups in total. The number of hydrogen-bond acceptors (Lipinski definition) is 5. The van der Waals surface area contributed by atoms with Crippen molar-refractivity contribution in [3.8, 4) is 5.75 Å². The maximum absolute atomic E-state index is 13.5. The van der Waals surface area contributed by atoms with Gasteiger partial charge in [0, 0.05) is 23.6 Å². The van der Waals surface area contributed by atoms with E-state index in [0.717, 1.165) is 17.0 Å². The van der Waals surface area contributed by atoms with E-state index in [4.69, 9.17) is 16.3 Å². The number of nitro benzene ring substituents is 1. The predicted octanol–water partition coefficient (Wildman–Crippen LogP) is 3.88. The maximum Gasteiger partial charge on any atom is 0.305 e. The molecule has 6 nitrogen and oxygen atoms in total. The van der Waals surface area contributed by atoms with Crippen LogP contribution in [-0.2, 0) is 11.3 Å². The topological polar surface area (TPSA) is 72.7 Å². The van der Waals surface area contributed by atoms with Gasteiger partial charge in [-0.15, -0.1) is 11.3 Å². The third kappa shape index (κ3) is 4.65. The minimum atomic E-state index is -1.01. The van der Waals surface area contributed by atoms with Crippen molar-refractivity contribution < 1.29 is 18.8 Å². The van der Waals surface area contributed by atoms with Gasteiger partial charge in [-0.1, -0.05) is 11.6 Å². The van der Waals surface area contributed by atoms with Gasteiger partial charge in [0.2, 0.25) is 5.82 Å². The van der Waals surface area contributed by atoms with Crippen molar-refractivity contribution >= 4 is 34.5 Å². The van der Waals surface area contributed by atoms with Crippen molar-refractivity contribution in [1.29, 1.82) is 0 Å². The van der Waals surface area contributed by atoms with Crippen LogP contribution >= 0.6 is 22.9 Å². The maximum atomic E-state index is 13.5. The molecule has 128 valence electrons. The van der Waals surface area contributed by atoms with Crippen molar-refractivity contribution in [2.45, 2.75) is 13.5 Å². The highest BCUT2D eigenvalue weighted by Crippen LogP contribution is 2.24. The van der Waals surface area contributed by atoms with Gasteiger partial charge >= 0.3 is 5.69 Å². The molecule has 0 unspecified atom stereocenters. The SMILES string of the molecule is CCN(Cc1ccc(Cl)s1)C(=O)COc1ccc([N+](=O)[O-])c(F)c1. The van der Waals surface area contributed by atoms with Gasteiger partial charge < -0.3 is 9.64 Å². The number of likely N-dealkylation sites (N-methyl/N-ethyl adjacent to an activating group) is 1. The van der Waals surface area contributed by atoms with Crippen LogP contribution in [0.4, 0.5) is 10.1 Å². The number of amides is 1. The molecule has 0 radical (unpaired) electrons. The first-order valence-electron chi connectivity index (χ1n) is 6.99. The van der Waals surface area contributed by atoms with E-state index in [1.54, 1.807) is 11.0 Å². The first-order valence-corrected chi connectivity index (χ1v) is 8.19. The summed E-state index contributed by atoms with van der Waals surface area (Å²) < 4.78 is 19.4. The zero-order chi connectivity index (χ0) is 17.7. The minimum absolute atomic E-state index is 0.0571. The van der Waals surface area contributed by atoms with Crippen molar-refractivity contribution in [2.24, 2.45) is 0 Å². The number of benzene rings is 1. The van der Waals surface area contributed by atoms with E-state index in [1.165, 1.54) is 17.4 Å². The van der Waals surface area contributed by atoms with E-state index in [2.05, 4.69) is 0 Å². The smallest absolute Gasteiger partial charge is 0.305 e. The molecule has 1 heterocycles. The summed E-state index contributed by atoms with van der Waals surface area (Å²) in [6.45, 7) is 2.43. The Labute approximate surface area is 146 Å². The highest BCUT2D eigenvalue weighted by molar-refractivity contribution is 7.16. The minimum Gasteiger partial charge on any atom is -0.484 e. The Morgan fingerprint density at radius 1 is 1.42 bits per heavy atom. The van der Waals surface area contributed by atoms with Crippen molar-refractivity contribution in [1.82, 2.24) is 4.90 Å². The summed E-state index contributed by atoms with van der Waals surface area (Å²) in [5.41, 5.74) is -0.640. The molecular formula is C15H14ClFN2O4S. The molecular weight excluding hydrogens is 359 g/mol. The highest BCUT2D eigenvalue weighted by atomic mass is 35.5. The fraction of sp³-hybridized carbons (Fsp3) is 0.267. The van der Waals surface area contributed by atoms with Crippen LogP contribution in [-0.4, -0.2) is 28.9 Å². The third-order valence-corrected chi connectivity index (χ3v) is 4.40. The number of carbonyl (C=O) groups excluding carboxylic acids is 1. The van der Waals surface area contributed by atoms with E-state index < -0.39 is 16.4 Å². The largest absolute Gasteiger partial charge is 0.484 e. The Morgan fingerprint density at radius 3 is 2.71 bits per heavy atom. The first kappa shape index (κ1) is 18.2.